The Labute approximate surface area is 190 Å². The molecule has 1 fully saturated rings. The highest BCUT2D eigenvalue weighted by atomic mass is 35.5. The highest BCUT2D eigenvalue weighted by Gasteiger charge is 2.23. The van der Waals surface area contributed by atoms with Gasteiger partial charge in [-0.15, -0.1) is 0 Å². The minimum Gasteiger partial charge on any atom is -0.376 e. The van der Waals surface area contributed by atoms with Crippen LogP contribution in [0.4, 0.5) is 10.1 Å². The summed E-state index contributed by atoms with van der Waals surface area (Å²) in [6, 6.07) is 10.6. The van der Waals surface area contributed by atoms with E-state index in [-0.39, 0.29) is 16.7 Å². The number of rotatable bonds is 9. The molecule has 0 saturated carbocycles. The van der Waals surface area contributed by atoms with Crippen LogP contribution in [0.1, 0.15) is 12.8 Å². The van der Waals surface area contributed by atoms with E-state index in [1.54, 1.807) is 0 Å². The fourth-order valence-corrected chi connectivity index (χ4v) is 4.25. The van der Waals surface area contributed by atoms with Crippen LogP contribution in [0, 0.1) is 5.82 Å². The molecular formula is C21H23ClFN3O5S. The van der Waals surface area contributed by atoms with Crippen LogP contribution in [0.25, 0.3) is 0 Å². The first-order chi connectivity index (χ1) is 15.2. The fourth-order valence-electron chi connectivity index (χ4n) is 3.15. The largest absolute Gasteiger partial charge is 0.376 e. The Bertz CT molecular complexity index is 1060. The first kappa shape index (κ1) is 24.1. The van der Waals surface area contributed by atoms with Crippen LogP contribution >= 0.6 is 11.6 Å². The number of sulfonamides is 1. The number of carbonyl (C=O) groups is 2. The van der Waals surface area contributed by atoms with Gasteiger partial charge < -0.3 is 15.0 Å². The Morgan fingerprint density at radius 1 is 1.19 bits per heavy atom. The van der Waals surface area contributed by atoms with Gasteiger partial charge in [0.25, 0.3) is 0 Å². The molecule has 1 unspecified atom stereocenters. The van der Waals surface area contributed by atoms with Crippen molar-refractivity contribution in [3.63, 3.8) is 0 Å². The van der Waals surface area contributed by atoms with Gasteiger partial charge in [0.15, 0.2) is 0 Å². The number of anilines is 1. The van der Waals surface area contributed by atoms with Gasteiger partial charge in [-0.05, 0) is 55.3 Å². The Balaban J connectivity index is 1.68. The minimum absolute atomic E-state index is 0.0682. The van der Waals surface area contributed by atoms with Crippen molar-refractivity contribution < 1.29 is 27.1 Å². The number of carbonyl (C=O) groups excluding carboxylic acids is 2. The second kappa shape index (κ2) is 10.9. The third kappa shape index (κ3) is 6.73. The lowest BCUT2D eigenvalue weighted by atomic mass is 10.2. The van der Waals surface area contributed by atoms with E-state index in [1.807, 2.05) is 0 Å². The van der Waals surface area contributed by atoms with Crippen molar-refractivity contribution in [2.24, 2.45) is 0 Å². The Hall–Kier alpha value is -2.53. The predicted molar refractivity (Wildman–Crippen MR) is 117 cm³/mol. The molecule has 11 heteroatoms. The zero-order chi connectivity index (χ0) is 23.1. The number of hydrogen-bond acceptors (Lipinski definition) is 5. The van der Waals surface area contributed by atoms with E-state index in [4.69, 9.17) is 16.3 Å². The molecule has 32 heavy (non-hydrogen) atoms. The number of ether oxygens (including phenoxy) is 1. The molecule has 1 heterocycles. The van der Waals surface area contributed by atoms with E-state index < -0.39 is 40.7 Å². The lowest BCUT2D eigenvalue weighted by Crippen LogP contribution is -2.46. The molecule has 1 atom stereocenters. The average molecular weight is 484 g/mol. The molecule has 2 amide bonds. The van der Waals surface area contributed by atoms with E-state index in [2.05, 4.69) is 10.0 Å². The molecule has 0 aromatic heterocycles. The van der Waals surface area contributed by atoms with Gasteiger partial charge in [-0.2, -0.15) is 0 Å². The Morgan fingerprint density at radius 2 is 1.94 bits per heavy atom. The molecule has 3 rings (SSSR count). The quantitative estimate of drug-likeness (QED) is 0.568. The van der Waals surface area contributed by atoms with Crippen LogP contribution in [0.2, 0.25) is 5.02 Å². The van der Waals surface area contributed by atoms with Crippen LogP contribution in [0.3, 0.4) is 0 Å². The number of nitrogens with one attached hydrogen (secondary N) is 2. The van der Waals surface area contributed by atoms with Crippen molar-refractivity contribution in [3.05, 3.63) is 59.4 Å². The highest BCUT2D eigenvalue weighted by molar-refractivity contribution is 7.89. The second-order valence-corrected chi connectivity index (χ2v) is 9.38. The topological polar surface area (TPSA) is 105 Å². The number of nitrogens with zero attached hydrogens (tertiary/aromatic N) is 1. The number of hydrogen-bond donors (Lipinski definition) is 2. The van der Waals surface area contributed by atoms with Crippen molar-refractivity contribution >= 4 is 39.1 Å². The Morgan fingerprint density at radius 3 is 2.59 bits per heavy atom. The summed E-state index contributed by atoms with van der Waals surface area (Å²) in [7, 11) is -3.99. The van der Waals surface area contributed by atoms with Crippen molar-refractivity contribution in [2.45, 2.75) is 23.8 Å². The van der Waals surface area contributed by atoms with Crippen LogP contribution in [0.5, 0.6) is 0 Å². The standard InChI is InChI=1S/C21H23ClFN3O5S/c22-15-6-8-19(9-7-15)32(29,30)25-13-21(28)26(17-4-1-3-16(23)11-17)14-20(27)24-12-18-5-2-10-31-18/h1,3-4,6-9,11,18,25H,2,5,10,12-14H2,(H,24,27). The summed E-state index contributed by atoms with van der Waals surface area (Å²) in [6.07, 6.45) is 1.67. The van der Waals surface area contributed by atoms with Gasteiger partial charge in [0, 0.05) is 23.9 Å². The summed E-state index contributed by atoms with van der Waals surface area (Å²) >= 11 is 5.77. The molecule has 172 valence electrons. The molecule has 2 aromatic carbocycles. The SMILES string of the molecule is O=C(CN(C(=O)CNS(=O)(=O)c1ccc(Cl)cc1)c1cccc(F)c1)NCC1CCCO1. The zero-order valence-corrected chi connectivity index (χ0v) is 18.7. The monoisotopic (exact) mass is 483 g/mol. The molecule has 0 aliphatic carbocycles. The normalized spacial score (nSPS) is 16.0. The van der Waals surface area contributed by atoms with E-state index in [0.29, 0.717) is 18.2 Å². The van der Waals surface area contributed by atoms with Crippen molar-refractivity contribution in [2.75, 3.05) is 31.1 Å². The molecule has 1 aliphatic heterocycles. The number of amides is 2. The predicted octanol–water partition coefficient (Wildman–Crippen LogP) is 2.09. The number of benzene rings is 2. The van der Waals surface area contributed by atoms with E-state index in [0.717, 1.165) is 23.8 Å². The van der Waals surface area contributed by atoms with E-state index in [9.17, 15) is 22.4 Å². The second-order valence-electron chi connectivity index (χ2n) is 7.18. The summed E-state index contributed by atoms with van der Waals surface area (Å²) in [6.45, 7) is -0.0897. The van der Waals surface area contributed by atoms with Crippen molar-refractivity contribution in [1.82, 2.24) is 10.0 Å². The molecule has 0 radical (unpaired) electrons. The van der Waals surface area contributed by atoms with Gasteiger partial charge in [-0.1, -0.05) is 17.7 Å². The van der Waals surface area contributed by atoms with Gasteiger partial charge in [0.1, 0.15) is 12.4 Å². The fraction of sp³-hybridized carbons (Fsp3) is 0.333. The van der Waals surface area contributed by atoms with Gasteiger partial charge in [-0.3, -0.25) is 9.59 Å². The van der Waals surface area contributed by atoms with Crippen molar-refractivity contribution in [1.29, 1.82) is 0 Å². The van der Waals surface area contributed by atoms with Crippen LogP contribution in [-0.2, 0) is 24.3 Å². The van der Waals surface area contributed by atoms with Gasteiger partial charge in [0.05, 0.1) is 17.5 Å². The van der Waals surface area contributed by atoms with Crippen molar-refractivity contribution in [3.8, 4) is 0 Å². The molecule has 2 aromatic rings. The molecule has 0 bridgehead atoms. The van der Waals surface area contributed by atoms with E-state index in [1.165, 1.54) is 42.5 Å². The maximum Gasteiger partial charge on any atom is 0.242 e. The molecule has 2 N–H and O–H groups in total. The van der Waals surface area contributed by atoms with Gasteiger partial charge in [0.2, 0.25) is 21.8 Å². The summed E-state index contributed by atoms with van der Waals surface area (Å²) in [5.41, 5.74) is 0.132. The zero-order valence-electron chi connectivity index (χ0n) is 17.1. The molecule has 1 saturated heterocycles. The smallest absolute Gasteiger partial charge is 0.242 e. The van der Waals surface area contributed by atoms with Crippen LogP contribution in [-0.4, -0.2) is 52.6 Å². The molecule has 1 aliphatic rings. The lowest BCUT2D eigenvalue weighted by Gasteiger charge is -2.23. The third-order valence-corrected chi connectivity index (χ3v) is 6.48. The molecular weight excluding hydrogens is 461 g/mol. The summed E-state index contributed by atoms with van der Waals surface area (Å²) in [5, 5.41) is 3.06. The first-order valence-electron chi connectivity index (χ1n) is 9.94. The molecule has 0 spiro atoms. The molecule has 8 nitrogen and oxygen atoms in total. The number of halogens is 2. The Kier molecular flexibility index (Phi) is 8.19. The highest BCUT2D eigenvalue weighted by Crippen LogP contribution is 2.17. The third-order valence-electron chi connectivity index (χ3n) is 4.81. The maximum atomic E-state index is 13.7. The first-order valence-corrected chi connectivity index (χ1v) is 11.8. The minimum atomic E-state index is -3.99. The van der Waals surface area contributed by atoms with Crippen LogP contribution in [0.15, 0.2) is 53.4 Å². The maximum absolute atomic E-state index is 13.7. The summed E-state index contributed by atoms with van der Waals surface area (Å²) in [4.78, 5) is 26.2. The average Bonchev–Trinajstić information content (AvgIpc) is 3.28. The van der Waals surface area contributed by atoms with Gasteiger partial charge in [-0.25, -0.2) is 17.5 Å². The van der Waals surface area contributed by atoms with Gasteiger partial charge >= 0.3 is 0 Å². The summed E-state index contributed by atoms with van der Waals surface area (Å²) < 4.78 is 46.3. The summed E-state index contributed by atoms with van der Waals surface area (Å²) in [5.74, 6) is -1.79. The van der Waals surface area contributed by atoms with Crippen LogP contribution < -0.4 is 14.9 Å². The van der Waals surface area contributed by atoms with E-state index >= 15 is 0 Å². The lowest BCUT2D eigenvalue weighted by molar-refractivity contribution is -0.123.